The van der Waals surface area contributed by atoms with E-state index in [4.69, 9.17) is 16.3 Å². The number of rotatable bonds is 7. The van der Waals surface area contributed by atoms with Crippen LogP contribution in [0.3, 0.4) is 0 Å². The summed E-state index contributed by atoms with van der Waals surface area (Å²) < 4.78 is 4.87. The quantitative estimate of drug-likeness (QED) is 0.428. The Hall–Kier alpha value is -3.20. The molecule has 1 unspecified atom stereocenters. The number of allylic oxidation sites excluding steroid dienone is 2. The van der Waals surface area contributed by atoms with E-state index in [-0.39, 0.29) is 17.7 Å². The van der Waals surface area contributed by atoms with Gasteiger partial charge in [-0.2, -0.15) is 0 Å². The summed E-state index contributed by atoms with van der Waals surface area (Å²) in [5.41, 5.74) is 0.744. The fourth-order valence-electron chi connectivity index (χ4n) is 4.57. The smallest absolute Gasteiger partial charge is 0.341 e. The molecule has 4 rings (SSSR count). The zero-order chi connectivity index (χ0) is 25.7. The standard InChI is InChI=1S/C26H32ClN5O4/c1-17-4-3-9-28-15-19(12-17)23(33)31-26(7-8-26)25(35)30-14-18-5-10-32(11-6-18)21-13-22(27)29-16-20(21)24(34)36-2/h3,9,12-13,15-18H,4-8,10-11,14H2,1-2H3,(H,30,35)(H,31,33). The van der Waals surface area contributed by atoms with E-state index in [0.29, 0.717) is 60.4 Å². The third-order valence-corrected chi connectivity index (χ3v) is 7.14. The van der Waals surface area contributed by atoms with Crippen LogP contribution in [0.25, 0.3) is 0 Å². The van der Waals surface area contributed by atoms with Crippen molar-refractivity contribution in [2.75, 3.05) is 31.6 Å². The number of hydrogen-bond donors (Lipinski definition) is 2. The molecular weight excluding hydrogens is 482 g/mol. The third-order valence-electron chi connectivity index (χ3n) is 6.94. The van der Waals surface area contributed by atoms with Crippen LogP contribution in [0.2, 0.25) is 5.15 Å². The first-order chi connectivity index (χ1) is 17.3. The van der Waals surface area contributed by atoms with Crippen LogP contribution in [0, 0.1) is 11.8 Å². The van der Waals surface area contributed by atoms with Crippen LogP contribution in [0.15, 0.2) is 41.2 Å². The fourth-order valence-corrected chi connectivity index (χ4v) is 4.72. The molecule has 0 radical (unpaired) electrons. The molecule has 10 heteroatoms. The summed E-state index contributed by atoms with van der Waals surface area (Å²) >= 11 is 6.07. The summed E-state index contributed by atoms with van der Waals surface area (Å²) in [7, 11) is 1.34. The highest BCUT2D eigenvalue weighted by Crippen LogP contribution is 2.36. The Morgan fingerprint density at radius 1 is 1.25 bits per heavy atom. The van der Waals surface area contributed by atoms with Gasteiger partial charge in [0, 0.05) is 38.2 Å². The van der Waals surface area contributed by atoms with Crippen molar-refractivity contribution < 1.29 is 19.1 Å². The highest BCUT2D eigenvalue weighted by atomic mass is 35.5. The zero-order valence-electron chi connectivity index (χ0n) is 20.6. The molecule has 2 amide bonds. The first kappa shape index (κ1) is 25.9. The lowest BCUT2D eigenvalue weighted by Gasteiger charge is -2.34. The average Bonchev–Trinajstić information content (AvgIpc) is 3.65. The average molecular weight is 514 g/mol. The van der Waals surface area contributed by atoms with Gasteiger partial charge in [-0.1, -0.05) is 30.7 Å². The van der Waals surface area contributed by atoms with Crippen molar-refractivity contribution in [3.05, 3.63) is 46.9 Å². The number of hydrogen-bond acceptors (Lipinski definition) is 7. The number of piperidine rings is 1. The monoisotopic (exact) mass is 513 g/mol. The highest BCUT2D eigenvalue weighted by Gasteiger charge is 2.51. The molecule has 1 aliphatic carbocycles. The third kappa shape index (κ3) is 6.13. The van der Waals surface area contributed by atoms with Gasteiger partial charge in [0.2, 0.25) is 5.91 Å². The first-order valence-electron chi connectivity index (χ1n) is 12.3. The Balaban J connectivity index is 1.29. The number of nitrogens with zero attached hydrogens (tertiary/aromatic N) is 3. The summed E-state index contributed by atoms with van der Waals surface area (Å²) in [6, 6.07) is 1.68. The Bertz CT molecular complexity index is 1100. The number of methoxy groups -OCH3 is 1. The zero-order valence-corrected chi connectivity index (χ0v) is 21.4. The lowest BCUT2D eigenvalue weighted by Crippen LogP contribution is -2.51. The Labute approximate surface area is 216 Å². The maximum atomic E-state index is 13.0. The van der Waals surface area contributed by atoms with Gasteiger partial charge in [0.25, 0.3) is 5.91 Å². The number of halogens is 1. The SMILES string of the molecule is COC(=O)c1cnc(Cl)cc1N1CCC(CNC(=O)C2(NC(=O)C3=CC(C)CC=CN=C3)CC2)CC1. The molecule has 0 bridgehead atoms. The van der Waals surface area contributed by atoms with Gasteiger partial charge in [-0.25, -0.2) is 9.78 Å². The normalized spacial score (nSPS) is 21.1. The number of aromatic nitrogens is 1. The number of esters is 1. The van der Waals surface area contributed by atoms with E-state index < -0.39 is 11.5 Å². The summed E-state index contributed by atoms with van der Waals surface area (Å²) in [5.74, 6) is -0.338. The van der Waals surface area contributed by atoms with Crippen LogP contribution >= 0.6 is 11.6 Å². The maximum Gasteiger partial charge on any atom is 0.341 e. The minimum absolute atomic E-state index is 0.136. The van der Waals surface area contributed by atoms with Crippen LogP contribution < -0.4 is 15.5 Å². The van der Waals surface area contributed by atoms with E-state index >= 15 is 0 Å². The number of nitrogens with one attached hydrogen (secondary N) is 2. The van der Waals surface area contributed by atoms with Crippen LogP contribution in [0.5, 0.6) is 0 Å². The Morgan fingerprint density at radius 2 is 2.00 bits per heavy atom. The Kier molecular flexibility index (Phi) is 8.08. The molecular formula is C26H32ClN5O4. The number of pyridine rings is 1. The second-order valence-electron chi connectivity index (χ2n) is 9.69. The Morgan fingerprint density at radius 3 is 2.69 bits per heavy atom. The minimum atomic E-state index is -0.836. The van der Waals surface area contributed by atoms with Crippen molar-refractivity contribution in [1.29, 1.82) is 0 Å². The number of carbonyl (C=O) groups is 3. The van der Waals surface area contributed by atoms with Crippen molar-refractivity contribution in [3.8, 4) is 0 Å². The van der Waals surface area contributed by atoms with Gasteiger partial charge in [0.1, 0.15) is 16.3 Å². The number of aliphatic imine (C=N–C) groups is 1. The van der Waals surface area contributed by atoms with Gasteiger partial charge < -0.3 is 20.3 Å². The predicted molar refractivity (Wildman–Crippen MR) is 138 cm³/mol. The molecule has 3 heterocycles. The summed E-state index contributed by atoms with van der Waals surface area (Å²) in [4.78, 5) is 48.2. The molecule has 1 aromatic rings. The van der Waals surface area contributed by atoms with E-state index in [9.17, 15) is 14.4 Å². The van der Waals surface area contributed by atoms with Gasteiger partial charge in [-0.3, -0.25) is 14.6 Å². The van der Waals surface area contributed by atoms with Gasteiger partial charge in [-0.05, 0) is 50.0 Å². The molecule has 9 nitrogen and oxygen atoms in total. The molecule has 192 valence electrons. The lowest BCUT2D eigenvalue weighted by atomic mass is 9.95. The van der Waals surface area contributed by atoms with Gasteiger partial charge in [0.05, 0.1) is 18.4 Å². The van der Waals surface area contributed by atoms with Gasteiger partial charge in [-0.15, -0.1) is 0 Å². The van der Waals surface area contributed by atoms with Crippen LogP contribution in [-0.2, 0) is 14.3 Å². The van der Waals surface area contributed by atoms with Crippen molar-refractivity contribution >= 4 is 41.3 Å². The first-order valence-corrected chi connectivity index (χ1v) is 12.7. The molecule has 2 N–H and O–H groups in total. The van der Waals surface area contributed by atoms with Crippen LogP contribution in [0.1, 0.15) is 49.4 Å². The molecule has 3 aliphatic rings. The molecule has 1 aromatic heterocycles. The second kappa shape index (κ2) is 11.2. The number of amides is 2. The predicted octanol–water partition coefficient (Wildman–Crippen LogP) is 3.05. The molecule has 36 heavy (non-hydrogen) atoms. The second-order valence-corrected chi connectivity index (χ2v) is 10.1. The number of anilines is 1. The maximum absolute atomic E-state index is 13.0. The molecule has 1 saturated heterocycles. The number of ether oxygens (including phenoxy) is 1. The fraction of sp³-hybridized carbons (Fsp3) is 0.500. The molecule has 2 aliphatic heterocycles. The lowest BCUT2D eigenvalue weighted by molar-refractivity contribution is -0.128. The summed E-state index contributed by atoms with van der Waals surface area (Å²) in [6.45, 7) is 4.01. The van der Waals surface area contributed by atoms with Crippen molar-refractivity contribution in [1.82, 2.24) is 15.6 Å². The summed E-state index contributed by atoms with van der Waals surface area (Å²) in [5, 5.41) is 6.32. The van der Waals surface area contributed by atoms with E-state index in [0.717, 1.165) is 19.3 Å². The van der Waals surface area contributed by atoms with Crippen molar-refractivity contribution in [3.63, 3.8) is 0 Å². The largest absolute Gasteiger partial charge is 0.465 e. The van der Waals surface area contributed by atoms with E-state index in [1.165, 1.54) is 13.3 Å². The van der Waals surface area contributed by atoms with E-state index in [2.05, 4.69) is 25.5 Å². The van der Waals surface area contributed by atoms with Crippen molar-refractivity contribution in [2.45, 2.75) is 44.6 Å². The van der Waals surface area contributed by atoms with E-state index in [1.54, 1.807) is 18.5 Å². The van der Waals surface area contributed by atoms with Crippen molar-refractivity contribution in [2.24, 2.45) is 16.8 Å². The summed E-state index contributed by atoms with van der Waals surface area (Å²) in [6.07, 6.45) is 12.3. The molecule has 0 aromatic carbocycles. The molecule has 2 fully saturated rings. The van der Waals surface area contributed by atoms with Gasteiger partial charge >= 0.3 is 5.97 Å². The highest BCUT2D eigenvalue weighted by molar-refractivity contribution is 6.29. The minimum Gasteiger partial charge on any atom is -0.465 e. The van der Waals surface area contributed by atoms with E-state index in [1.807, 2.05) is 19.1 Å². The number of carbonyl (C=O) groups excluding carboxylic acids is 3. The van der Waals surface area contributed by atoms with Crippen LogP contribution in [0.4, 0.5) is 5.69 Å². The molecule has 0 spiro atoms. The van der Waals surface area contributed by atoms with Crippen LogP contribution in [-0.4, -0.2) is 61.3 Å². The molecule has 1 saturated carbocycles. The molecule has 1 atom stereocenters. The van der Waals surface area contributed by atoms with Gasteiger partial charge in [0.15, 0.2) is 0 Å². The topological polar surface area (TPSA) is 113 Å².